The van der Waals surface area contributed by atoms with Crippen molar-refractivity contribution in [2.24, 2.45) is 5.41 Å². The van der Waals surface area contributed by atoms with Gasteiger partial charge in [0.05, 0.1) is 15.9 Å². The van der Waals surface area contributed by atoms with Gasteiger partial charge in [0.2, 0.25) is 0 Å². The van der Waals surface area contributed by atoms with E-state index in [4.69, 9.17) is 0 Å². The fraction of sp³-hybridized carbons (Fsp3) is 0.769. The number of aromatic nitrogens is 2. The minimum Gasteiger partial charge on any atom is -0.316 e. The fourth-order valence-electron chi connectivity index (χ4n) is 2.79. The van der Waals surface area contributed by atoms with Gasteiger partial charge < -0.3 is 5.32 Å². The molecule has 17 heavy (non-hydrogen) atoms. The summed E-state index contributed by atoms with van der Waals surface area (Å²) >= 11 is 3.70. The van der Waals surface area contributed by atoms with Crippen molar-refractivity contribution in [2.45, 2.75) is 46.6 Å². The predicted molar refractivity (Wildman–Crippen MR) is 74.3 cm³/mol. The van der Waals surface area contributed by atoms with Gasteiger partial charge in [-0.15, -0.1) is 0 Å². The number of nitrogens with one attached hydrogen (secondary N) is 1. The summed E-state index contributed by atoms with van der Waals surface area (Å²) in [4.78, 5) is 0. The van der Waals surface area contributed by atoms with Gasteiger partial charge >= 0.3 is 0 Å². The topological polar surface area (TPSA) is 29.9 Å². The number of aryl methyl sites for hydroxylation is 2. The molecule has 0 atom stereocenters. The molecule has 1 aliphatic rings. The average Bonchev–Trinajstić information content (AvgIpc) is 2.53. The molecular weight excluding hydrogens is 278 g/mol. The minimum atomic E-state index is 0.469. The maximum Gasteiger partial charge on any atom is 0.0738 e. The minimum absolute atomic E-state index is 0.469. The Morgan fingerprint density at radius 3 is 2.59 bits per heavy atom. The van der Waals surface area contributed by atoms with E-state index in [0.717, 1.165) is 31.7 Å². The SMILES string of the molecule is CCCC1(Cc2c(Br)c(C)nn2CC)CNC1. The van der Waals surface area contributed by atoms with Crippen LogP contribution in [0, 0.1) is 12.3 Å². The number of hydrogen-bond acceptors (Lipinski definition) is 2. The monoisotopic (exact) mass is 299 g/mol. The zero-order valence-corrected chi connectivity index (χ0v) is 12.6. The lowest BCUT2D eigenvalue weighted by Crippen LogP contribution is -2.54. The van der Waals surface area contributed by atoms with Crippen LogP contribution < -0.4 is 5.32 Å². The molecule has 0 saturated carbocycles. The molecule has 1 N–H and O–H groups in total. The Balaban J connectivity index is 2.22. The maximum atomic E-state index is 4.58. The van der Waals surface area contributed by atoms with E-state index < -0.39 is 0 Å². The van der Waals surface area contributed by atoms with E-state index in [2.05, 4.69) is 51.8 Å². The molecule has 96 valence electrons. The first-order valence-corrected chi connectivity index (χ1v) is 7.33. The van der Waals surface area contributed by atoms with Crippen molar-refractivity contribution in [1.29, 1.82) is 0 Å². The first-order chi connectivity index (χ1) is 8.12. The molecule has 0 amide bonds. The van der Waals surface area contributed by atoms with E-state index in [1.54, 1.807) is 0 Å². The van der Waals surface area contributed by atoms with Crippen LogP contribution >= 0.6 is 15.9 Å². The highest BCUT2D eigenvalue weighted by Crippen LogP contribution is 2.35. The Bertz CT molecular complexity index is 394. The first-order valence-electron chi connectivity index (χ1n) is 6.54. The molecule has 1 saturated heterocycles. The molecule has 0 spiro atoms. The molecule has 2 heterocycles. The normalized spacial score (nSPS) is 18.1. The molecule has 0 bridgehead atoms. The third kappa shape index (κ3) is 2.43. The summed E-state index contributed by atoms with van der Waals surface area (Å²) in [6.45, 7) is 9.77. The second-order valence-corrected chi connectivity index (χ2v) is 5.99. The molecule has 1 aliphatic heterocycles. The summed E-state index contributed by atoms with van der Waals surface area (Å²) in [5.41, 5.74) is 2.96. The Morgan fingerprint density at radius 1 is 1.41 bits per heavy atom. The Morgan fingerprint density at radius 2 is 2.12 bits per heavy atom. The molecule has 0 radical (unpaired) electrons. The number of nitrogens with zero attached hydrogens (tertiary/aromatic N) is 2. The third-order valence-electron chi connectivity index (χ3n) is 3.78. The summed E-state index contributed by atoms with van der Waals surface area (Å²) < 4.78 is 3.36. The molecule has 1 fully saturated rings. The molecule has 2 rings (SSSR count). The summed E-state index contributed by atoms with van der Waals surface area (Å²) in [6.07, 6.45) is 3.71. The van der Waals surface area contributed by atoms with Gasteiger partial charge in [-0.3, -0.25) is 4.68 Å². The Kier molecular flexibility index (Phi) is 3.93. The van der Waals surface area contributed by atoms with Crippen LogP contribution in [0.1, 0.15) is 38.1 Å². The summed E-state index contributed by atoms with van der Waals surface area (Å²) in [6, 6.07) is 0. The van der Waals surface area contributed by atoms with Gasteiger partial charge in [-0.1, -0.05) is 13.3 Å². The highest BCUT2D eigenvalue weighted by molar-refractivity contribution is 9.10. The van der Waals surface area contributed by atoms with Crippen LogP contribution in [0.2, 0.25) is 0 Å². The summed E-state index contributed by atoms with van der Waals surface area (Å²) in [7, 11) is 0. The largest absolute Gasteiger partial charge is 0.316 e. The first kappa shape index (κ1) is 13.1. The van der Waals surface area contributed by atoms with Gasteiger partial charge in [0, 0.05) is 25.0 Å². The second kappa shape index (κ2) is 5.11. The van der Waals surface area contributed by atoms with E-state index in [-0.39, 0.29) is 0 Å². The van der Waals surface area contributed by atoms with Crippen LogP contribution in [0.25, 0.3) is 0 Å². The quantitative estimate of drug-likeness (QED) is 0.906. The lowest BCUT2D eigenvalue weighted by atomic mass is 9.74. The standard InChI is InChI=1S/C13H22BrN3/c1-4-6-13(8-15-9-13)7-11-12(14)10(3)16-17(11)5-2/h15H,4-9H2,1-3H3. The lowest BCUT2D eigenvalue weighted by Gasteiger charge is -2.43. The summed E-state index contributed by atoms with van der Waals surface area (Å²) in [5, 5.41) is 8.01. The second-order valence-electron chi connectivity index (χ2n) is 5.19. The predicted octanol–water partition coefficient (Wildman–Crippen LogP) is 2.91. The van der Waals surface area contributed by atoms with Gasteiger partial charge in [0.15, 0.2) is 0 Å². The zero-order chi connectivity index (χ0) is 12.5. The maximum absolute atomic E-state index is 4.58. The van der Waals surface area contributed by atoms with Crippen LogP contribution in [-0.2, 0) is 13.0 Å². The average molecular weight is 300 g/mol. The van der Waals surface area contributed by atoms with Crippen LogP contribution in [0.3, 0.4) is 0 Å². The highest BCUT2D eigenvalue weighted by Gasteiger charge is 2.37. The van der Waals surface area contributed by atoms with Gasteiger partial charge in [-0.25, -0.2) is 0 Å². The molecule has 0 aliphatic carbocycles. The van der Waals surface area contributed by atoms with Crippen molar-refractivity contribution in [3.05, 3.63) is 15.9 Å². The van der Waals surface area contributed by atoms with E-state index in [0.29, 0.717) is 5.41 Å². The van der Waals surface area contributed by atoms with Gasteiger partial charge in [0.25, 0.3) is 0 Å². The van der Waals surface area contributed by atoms with Crippen LogP contribution in [0.15, 0.2) is 4.47 Å². The van der Waals surface area contributed by atoms with Crippen LogP contribution in [0.5, 0.6) is 0 Å². The van der Waals surface area contributed by atoms with Crippen LogP contribution in [0.4, 0.5) is 0 Å². The van der Waals surface area contributed by atoms with Crippen molar-refractivity contribution < 1.29 is 0 Å². The van der Waals surface area contributed by atoms with Crippen molar-refractivity contribution in [2.75, 3.05) is 13.1 Å². The molecule has 3 nitrogen and oxygen atoms in total. The zero-order valence-electron chi connectivity index (χ0n) is 11.0. The number of rotatable bonds is 5. The van der Waals surface area contributed by atoms with Gasteiger partial charge in [0.1, 0.15) is 0 Å². The molecule has 0 unspecified atom stereocenters. The number of hydrogen-bond donors (Lipinski definition) is 1. The van der Waals surface area contributed by atoms with E-state index in [9.17, 15) is 0 Å². The van der Waals surface area contributed by atoms with E-state index in [1.165, 1.54) is 23.0 Å². The van der Waals surface area contributed by atoms with Gasteiger partial charge in [-0.2, -0.15) is 5.10 Å². The van der Waals surface area contributed by atoms with Crippen LogP contribution in [-0.4, -0.2) is 22.9 Å². The Labute approximate surface area is 112 Å². The Hall–Kier alpha value is -0.350. The number of halogens is 1. The van der Waals surface area contributed by atoms with E-state index >= 15 is 0 Å². The molecule has 0 aromatic carbocycles. The smallest absolute Gasteiger partial charge is 0.0738 e. The van der Waals surface area contributed by atoms with Crippen molar-refractivity contribution in [3.8, 4) is 0 Å². The van der Waals surface area contributed by atoms with Crippen molar-refractivity contribution in [3.63, 3.8) is 0 Å². The fourth-order valence-corrected chi connectivity index (χ4v) is 3.22. The molecule has 1 aromatic heterocycles. The van der Waals surface area contributed by atoms with Gasteiger partial charge in [-0.05, 0) is 42.6 Å². The summed E-state index contributed by atoms with van der Waals surface area (Å²) in [5.74, 6) is 0. The van der Waals surface area contributed by atoms with E-state index in [1.807, 2.05) is 0 Å². The third-order valence-corrected chi connectivity index (χ3v) is 4.81. The molecular formula is C13H22BrN3. The highest BCUT2D eigenvalue weighted by atomic mass is 79.9. The molecule has 1 aromatic rings. The van der Waals surface area contributed by atoms with Crippen molar-refractivity contribution >= 4 is 15.9 Å². The lowest BCUT2D eigenvalue weighted by molar-refractivity contribution is 0.147. The van der Waals surface area contributed by atoms with Crippen molar-refractivity contribution in [1.82, 2.24) is 15.1 Å². The molecule has 4 heteroatoms.